The minimum Gasteiger partial charge on any atom is -0.396 e. The molecule has 0 unspecified atom stereocenters. The van der Waals surface area contributed by atoms with Crippen LogP contribution in [-0.2, 0) is 0 Å². The lowest BCUT2D eigenvalue weighted by Crippen LogP contribution is -1.81. The van der Waals surface area contributed by atoms with E-state index in [2.05, 4.69) is 23.7 Å². The topological polar surface area (TPSA) is 20.2 Å². The Kier molecular flexibility index (Phi) is 5.78. The zero-order valence-corrected chi connectivity index (χ0v) is 8.96. The van der Waals surface area contributed by atoms with Crippen LogP contribution >= 0.6 is 0 Å². The first kappa shape index (κ1) is 12.3. The van der Waals surface area contributed by atoms with E-state index in [1.165, 1.54) is 6.07 Å². The van der Waals surface area contributed by atoms with Crippen LogP contribution in [0.2, 0.25) is 0 Å². The third-order valence-corrected chi connectivity index (χ3v) is 1.93. The Hall–Kier alpha value is -1.77. The highest BCUT2D eigenvalue weighted by Gasteiger charge is 1.93. The zero-order chi connectivity index (χ0) is 11.6. The Balaban J connectivity index is 2.46. The molecule has 0 saturated carbocycles. The molecule has 1 nitrogen and oxygen atoms in total. The first-order valence-corrected chi connectivity index (χ1v) is 5.19. The molecule has 0 heterocycles. The van der Waals surface area contributed by atoms with Gasteiger partial charge in [-0.15, -0.1) is 0 Å². The van der Waals surface area contributed by atoms with Gasteiger partial charge >= 0.3 is 0 Å². The molecule has 0 spiro atoms. The molecule has 0 atom stereocenters. The standard InChI is InChI=1S/C14H13FO/c15-14-11-7-6-10-13(14)9-5-3-1-2-4-8-12-16/h6-7,10-11,16H,2,4,8,12H2. The summed E-state index contributed by atoms with van der Waals surface area (Å²) in [5.74, 6) is 10.5. The monoisotopic (exact) mass is 216 g/mol. The summed E-state index contributed by atoms with van der Waals surface area (Å²) >= 11 is 0. The Morgan fingerprint density at radius 2 is 1.94 bits per heavy atom. The second kappa shape index (κ2) is 7.51. The van der Waals surface area contributed by atoms with Crippen LogP contribution < -0.4 is 0 Å². The van der Waals surface area contributed by atoms with Gasteiger partial charge in [-0.2, -0.15) is 0 Å². The van der Waals surface area contributed by atoms with E-state index in [9.17, 15) is 4.39 Å². The van der Waals surface area contributed by atoms with Crippen molar-refractivity contribution in [3.05, 3.63) is 35.6 Å². The maximum atomic E-state index is 13.1. The van der Waals surface area contributed by atoms with Crippen LogP contribution in [0.25, 0.3) is 0 Å². The molecule has 0 aromatic heterocycles. The zero-order valence-electron chi connectivity index (χ0n) is 8.96. The summed E-state index contributed by atoms with van der Waals surface area (Å²) < 4.78 is 13.1. The largest absolute Gasteiger partial charge is 0.396 e. The van der Waals surface area contributed by atoms with Crippen molar-refractivity contribution >= 4 is 0 Å². The van der Waals surface area contributed by atoms with Gasteiger partial charge in [0.2, 0.25) is 0 Å². The van der Waals surface area contributed by atoms with Crippen molar-refractivity contribution in [2.75, 3.05) is 6.61 Å². The van der Waals surface area contributed by atoms with Crippen molar-refractivity contribution in [3.8, 4) is 23.7 Å². The van der Waals surface area contributed by atoms with Crippen LogP contribution in [0.3, 0.4) is 0 Å². The van der Waals surface area contributed by atoms with E-state index in [1.807, 2.05) is 0 Å². The molecule has 16 heavy (non-hydrogen) atoms. The van der Waals surface area contributed by atoms with Crippen molar-refractivity contribution < 1.29 is 9.50 Å². The van der Waals surface area contributed by atoms with Gasteiger partial charge in [0.15, 0.2) is 0 Å². The van der Waals surface area contributed by atoms with E-state index >= 15 is 0 Å². The summed E-state index contributed by atoms with van der Waals surface area (Å²) in [6, 6.07) is 6.36. The fraction of sp³-hybridized carbons (Fsp3) is 0.286. The lowest BCUT2D eigenvalue weighted by Gasteiger charge is -1.89. The van der Waals surface area contributed by atoms with Gasteiger partial charge in [0.1, 0.15) is 5.82 Å². The molecule has 0 amide bonds. The van der Waals surface area contributed by atoms with Crippen molar-refractivity contribution in [1.82, 2.24) is 0 Å². The molecule has 0 radical (unpaired) electrons. The second-order valence-corrected chi connectivity index (χ2v) is 3.21. The van der Waals surface area contributed by atoms with Crippen LogP contribution in [-0.4, -0.2) is 11.7 Å². The summed E-state index contributed by atoms with van der Waals surface area (Å²) in [5.41, 5.74) is 0.368. The molecule has 0 aliphatic rings. The fourth-order valence-corrected chi connectivity index (χ4v) is 1.09. The first-order chi connectivity index (χ1) is 7.84. The number of rotatable bonds is 3. The molecular formula is C14H13FO. The summed E-state index contributed by atoms with van der Waals surface area (Å²) in [4.78, 5) is 0. The van der Waals surface area contributed by atoms with Crippen LogP contribution in [0, 0.1) is 29.5 Å². The SMILES string of the molecule is OCCCCC#CC#Cc1ccccc1F. The number of hydrogen-bond acceptors (Lipinski definition) is 1. The van der Waals surface area contributed by atoms with Crippen molar-refractivity contribution in [2.24, 2.45) is 0 Å². The van der Waals surface area contributed by atoms with Gasteiger partial charge in [-0.1, -0.05) is 18.1 Å². The fourth-order valence-electron chi connectivity index (χ4n) is 1.09. The van der Waals surface area contributed by atoms with Gasteiger partial charge < -0.3 is 5.11 Å². The maximum Gasteiger partial charge on any atom is 0.138 e. The molecule has 1 aromatic rings. The van der Waals surface area contributed by atoms with Crippen LogP contribution in [0.5, 0.6) is 0 Å². The normalized spacial score (nSPS) is 8.62. The highest BCUT2D eigenvalue weighted by molar-refractivity contribution is 5.40. The molecule has 1 aromatic carbocycles. The highest BCUT2D eigenvalue weighted by atomic mass is 19.1. The Bertz CT molecular complexity index is 443. The van der Waals surface area contributed by atoms with E-state index in [0.29, 0.717) is 12.0 Å². The van der Waals surface area contributed by atoms with E-state index in [1.54, 1.807) is 18.2 Å². The molecule has 82 valence electrons. The summed E-state index contributed by atoms with van der Waals surface area (Å²) in [5, 5.41) is 8.53. The minimum atomic E-state index is -0.322. The maximum absolute atomic E-state index is 13.1. The molecule has 0 fully saturated rings. The molecule has 0 bridgehead atoms. The average Bonchev–Trinajstić information content (AvgIpc) is 2.30. The highest BCUT2D eigenvalue weighted by Crippen LogP contribution is 2.03. The number of halogens is 1. The first-order valence-electron chi connectivity index (χ1n) is 5.19. The molecule has 0 aliphatic heterocycles. The molecule has 1 N–H and O–H groups in total. The van der Waals surface area contributed by atoms with Gasteiger partial charge in [0.05, 0.1) is 5.56 Å². The molecule has 1 rings (SSSR count). The lowest BCUT2D eigenvalue weighted by molar-refractivity contribution is 0.285. The number of unbranched alkanes of at least 4 members (excludes halogenated alkanes) is 2. The van der Waals surface area contributed by atoms with Gasteiger partial charge in [-0.05, 0) is 42.7 Å². The van der Waals surface area contributed by atoms with Crippen molar-refractivity contribution in [2.45, 2.75) is 19.3 Å². The van der Waals surface area contributed by atoms with E-state index < -0.39 is 0 Å². The average molecular weight is 216 g/mol. The van der Waals surface area contributed by atoms with E-state index in [4.69, 9.17) is 5.11 Å². The molecular weight excluding hydrogens is 203 g/mol. The van der Waals surface area contributed by atoms with E-state index in [-0.39, 0.29) is 12.4 Å². The van der Waals surface area contributed by atoms with Gasteiger partial charge in [-0.3, -0.25) is 0 Å². The Labute approximate surface area is 95.3 Å². The van der Waals surface area contributed by atoms with E-state index in [0.717, 1.165) is 12.8 Å². The third kappa shape index (κ3) is 4.64. The third-order valence-electron chi connectivity index (χ3n) is 1.93. The quantitative estimate of drug-likeness (QED) is 0.607. The summed E-state index contributed by atoms with van der Waals surface area (Å²) in [6.07, 6.45) is 2.34. The second-order valence-electron chi connectivity index (χ2n) is 3.21. The van der Waals surface area contributed by atoms with Crippen molar-refractivity contribution in [1.29, 1.82) is 0 Å². The Morgan fingerprint density at radius 3 is 2.69 bits per heavy atom. The number of aliphatic hydroxyl groups is 1. The smallest absolute Gasteiger partial charge is 0.138 e. The molecule has 2 heteroatoms. The van der Waals surface area contributed by atoms with Crippen molar-refractivity contribution in [3.63, 3.8) is 0 Å². The number of hydrogen-bond donors (Lipinski definition) is 1. The van der Waals surface area contributed by atoms with Gasteiger partial charge in [0.25, 0.3) is 0 Å². The summed E-state index contributed by atoms with van der Waals surface area (Å²) in [7, 11) is 0. The number of benzene rings is 1. The van der Waals surface area contributed by atoms with Crippen LogP contribution in [0.1, 0.15) is 24.8 Å². The van der Waals surface area contributed by atoms with Crippen LogP contribution in [0.4, 0.5) is 4.39 Å². The predicted octanol–water partition coefficient (Wildman–Crippen LogP) is 2.34. The minimum absolute atomic E-state index is 0.197. The number of aliphatic hydroxyl groups excluding tert-OH is 1. The van der Waals surface area contributed by atoms with Crippen LogP contribution in [0.15, 0.2) is 24.3 Å². The molecule has 0 saturated heterocycles. The van der Waals surface area contributed by atoms with Gasteiger partial charge in [-0.25, -0.2) is 4.39 Å². The summed E-state index contributed by atoms with van der Waals surface area (Å²) in [6.45, 7) is 0.197. The molecule has 0 aliphatic carbocycles. The Morgan fingerprint density at radius 1 is 1.12 bits per heavy atom. The predicted molar refractivity (Wildman–Crippen MR) is 62.0 cm³/mol. The van der Waals surface area contributed by atoms with Gasteiger partial charge in [0, 0.05) is 13.0 Å². The lowest BCUT2D eigenvalue weighted by atomic mass is 10.2.